The maximum atomic E-state index is 12.8. The predicted molar refractivity (Wildman–Crippen MR) is 150 cm³/mol. The molecule has 0 radical (unpaired) electrons. The zero-order valence-corrected chi connectivity index (χ0v) is 24.2. The van der Waals surface area contributed by atoms with E-state index in [9.17, 15) is 19.2 Å². The van der Waals surface area contributed by atoms with Crippen LogP contribution in [0.4, 0.5) is 0 Å². The first-order chi connectivity index (χ1) is 18.3. The van der Waals surface area contributed by atoms with E-state index in [2.05, 4.69) is 29.4 Å². The van der Waals surface area contributed by atoms with Crippen molar-refractivity contribution in [1.82, 2.24) is 20.4 Å². The summed E-state index contributed by atoms with van der Waals surface area (Å²) in [5.74, 6) is -1.10. The van der Waals surface area contributed by atoms with Crippen molar-refractivity contribution in [1.29, 1.82) is 0 Å². The molecule has 220 valence electrons. The van der Waals surface area contributed by atoms with Crippen LogP contribution in [0.15, 0.2) is 12.2 Å². The van der Waals surface area contributed by atoms with Gasteiger partial charge in [-0.2, -0.15) is 0 Å². The summed E-state index contributed by atoms with van der Waals surface area (Å²) >= 11 is 0. The summed E-state index contributed by atoms with van der Waals surface area (Å²) in [5, 5.41) is 5.98. The molecule has 0 saturated heterocycles. The van der Waals surface area contributed by atoms with Crippen molar-refractivity contribution in [3.63, 3.8) is 0 Å². The van der Waals surface area contributed by atoms with Crippen LogP contribution in [0.3, 0.4) is 0 Å². The molecule has 2 N–H and O–H groups in total. The Bertz CT molecular complexity index is 654. The first kappa shape index (κ1) is 35.5. The SMILES string of the molecule is CCCCCC(=O)OCCCN(CCCOC(=O)CCCCC)C(=O)/C=C\C(=O)NCCNCCN(C)C. The first-order valence-corrected chi connectivity index (χ1v) is 14.2. The highest BCUT2D eigenvalue weighted by Gasteiger charge is 2.12. The predicted octanol–water partition coefficient (Wildman–Crippen LogP) is 2.67. The van der Waals surface area contributed by atoms with Crippen LogP contribution >= 0.6 is 0 Å². The molecule has 0 heterocycles. The minimum absolute atomic E-state index is 0.223. The van der Waals surface area contributed by atoms with E-state index in [4.69, 9.17) is 9.47 Å². The van der Waals surface area contributed by atoms with E-state index in [0.717, 1.165) is 51.6 Å². The van der Waals surface area contributed by atoms with Gasteiger partial charge in [-0.25, -0.2) is 0 Å². The Morgan fingerprint density at radius 1 is 0.684 bits per heavy atom. The topological polar surface area (TPSA) is 117 Å². The summed E-state index contributed by atoms with van der Waals surface area (Å²) in [6.07, 6.45) is 9.97. The third-order valence-corrected chi connectivity index (χ3v) is 5.67. The molecule has 0 fully saturated rings. The molecular formula is C28H52N4O6. The lowest BCUT2D eigenvalue weighted by atomic mass is 10.2. The number of nitrogens with zero attached hydrogens (tertiary/aromatic N) is 2. The summed E-state index contributed by atoms with van der Waals surface area (Å²) in [7, 11) is 3.99. The molecule has 0 unspecified atom stereocenters. The molecule has 10 nitrogen and oxygen atoms in total. The normalized spacial score (nSPS) is 11.1. The van der Waals surface area contributed by atoms with Crippen molar-refractivity contribution in [2.75, 3.05) is 66.6 Å². The number of amides is 2. The Morgan fingerprint density at radius 2 is 1.24 bits per heavy atom. The van der Waals surface area contributed by atoms with Crippen molar-refractivity contribution in [2.45, 2.75) is 78.1 Å². The van der Waals surface area contributed by atoms with E-state index in [-0.39, 0.29) is 37.0 Å². The highest BCUT2D eigenvalue weighted by molar-refractivity contribution is 5.96. The number of rotatable bonds is 24. The maximum absolute atomic E-state index is 12.8. The number of hydrogen-bond donors (Lipinski definition) is 2. The molecule has 0 bridgehead atoms. The number of esters is 2. The van der Waals surface area contributed by atoms with Crippen LogP contribution in [-0.4, -0.2) is 100 Å². The standard InChI is InChI=1S/C28H52N4O6/c1-5-7-9-13-27(35)37-23-11-20-32(21-12-24-38-28(36)14-10-8-6-2)26(34)16-15-25(33)30-18-17-29-19-22-31(3)4/h15-16,29H,5-14,17-24H2,1-4H3,(H,30,33)/b16-15-. The van der Waals surface area contributed by atoms with Gasteiger partial charge in [-0.3, -0.25) is 19.2 Å². The molecule has 10 heteroatoms. The van der Waals surface area contributed by atoms with Gasteiger partial charge in [-0.05, 0) is 39.8 Å². The Balaban J connectivity index is 4.56. The van der Waals surface area contributed by atoms with E-state index in [1.54, 1.807) is 4.90 Å². The first-order valence-electron chi connectivity index (χ1n) is 14.2. The fourth-order valence-electron chi connectivity index (χ4n) is 3.41. The quantitative estimate of drug-likeness (QED) is 0.109. The Labute approximate surface area is 229 Å². The van der Waals surface area contributed by atoms with Crippen LogP contribution in [0.2, 0.25) is 0 Å². The van der Waals surface area contributed by atoms with Crippen molar-refractivity contribution >= 4 is 23.8 Å². The van der Waals surface area contributed by atoms with Gasteiger partial charge in [0.1, 0.15) is 0 Å². The van der Waals surface area contributed by atoms with Crippen LogP contribution in [0.1, 0.15) is 78.1 Å². The number of hydrogen-bond acceptors (Lipinski definition) is 8. The van der Waals surface area contributed by atoms with Crippen molar-refractivity contribution < 1.29 is 28.7 Å². The van der Waals surface area contributed by atoms with Crippen LogP contribution in [0, 0.1) is 0 Å². The average Bonchev–Trinajstić information content (AvgIpc) is 2.88. The van der Waals surface area contributed by atoms with Gasteiger partial charge in [0, 0.05) is 64.3 Å². The van der Waals surface area contributed by atoms with E-state index < -0.39 is 0 Å². The van der Waals surface area contributed by atoms with Gasteiger partial charge >= 0.3 is 11.9 Å². The largest absolute Gasteiger partial charge is 0.466 e. The molecule has 0 aromatic carbocycles. The fraction of sp³-hybridized carbons (Fsp3) is 0.786. The molecule has 0 atom stereocenters. The highest BCUT2D eigenvalue weighted by atomic mass is 16.5. The summed E-state index contributed by atoms with van der Waals surface area (Å²) in [5.41, 5.74) is 0. The van der Waals surface area contributed by atoms with Crippen LogP contribution in [0.25, 0.3) is 0 Å². The third kappa shape index (κ3) is 22.7. The molecule has 0 saturated carbocycles. The van der Waals surface area contributed by atoms with Crippen molar-refractivity contribution in [3.8, 4) is 0 Å². The molecule has 0 aromatic rings. The molecule has 2 amide bonds. The smallest absolute Gasteiger partial charge is 0.305 e. The lowest BCUT2D eigenvalue weighted by Gasteiger charge is -2.21. The van der Waals surface area contributed by atoms with Crippen LogP contribution in [-0.2, 0) is 28.7 Å². The molecule has 0 rings (SSSR count). The van der Waals surface area contributed by atoms with Gasteiger partial charge in [0.15, 0.2) is 0 Å². The molecular weight excluding hydrogens is 488 g/mol. The summed E-state index contributed by atoms with van der Waals surface area (Å²) in [6.45, 7) is 8.19. The van der Waals surface area contributed by atoms with E-state index in [1.165, 1.54) is 12.2 Å². The number of likely N-dealkylation sites (N-methyl/N-ethyl adjacent to an activating group) is 1. The Hall–Kier alpha value is -2.46. The monoisotopic (exact) mass is 540 g/mol. The van der Waals surface area contributed by atoms with E-state index in [0.29, 0.717) is 51.9 Å². The zero-order chi connectivity index (χ0) is 28.4. The number of ether oxygens (including phenoxy) is 2. The molecule has 38 heavy (non-hydrogen) atoms. The minimum atomic E-state index is -0.338. The van der Waals surface area contributed by atoms with Gasteiger partial charge < -0.3 is 29.9 Å². The second kappa shape index (κ2) is 24.9. The summed E-state index contributed by atoms with van der Waals surface area (Å²) < 4.78 is 10.5. The summed E-state index contributed by atoms with van der Waals surface area (Å²) in [4.78, 5) is 52.1. The summed E-state index contributed by atoms with van der Waals surface area (Å²) in [6, 6.07) is 0. The van der Waals surface area contributed by atoms with E-state index in [1.807, 2.05) is 14.1 Å². The van der Waals surface area contributed by atoms with Gasteiger partial charge in [0.05, 0.1) is 13.2 Å². The van der Waals surface area contributed by atoms with Crippen molar-refractivity contribution in [2.24, 2.45) is 0 Å². The molecule has 0 aliphatic rings. The van der Waals surface area contributed by atoms with Crippen LogP contribution < -0.4 is 10.6 Å². The fourth-order valence-corrected chi connectivity index (χ4v) is 3.41. The van der Waals surface area contributed by atoms with Gasteiger partial charge in [0.25, 0.3) is 0 Å². The number of carbonyl (C=O) groups is 4. The minimum Gasteiger partial charge on any atom is -0.466 e. The lowest BCUT2D eigenvalue weighted by Crippen LogP contribution is -2.35. The molecule has 0 spiro atoms. The number of unbranched alkanes of at least 4 members (excludes halogenated alkanes) is 4. The molecule has 0 aliphatic carbocycles. The Morgan fingerprint density at radius 3 is 1.74 bits per heavy atom. The third-order valence-electron chi connectivity index (χ3n) is 5.67. The number of nitrogens with one attached hydrogen (secondary N) is 2. The Kier molecular flexibility index (Phi) is 23.2. The number of carbonyl (C=O) groups excluding carboxylic acids is 4. The van der Waals surface area contributed by atoms with Crippen molar-refractivity contribution in [3.05, 3.63) is 12.2 Å². The second-order valence-corrected chi connectivity index (χ2v) is 9.57. The van der Waals surface area contributed by atoms with Crippen LogP contribution in [0.5, 0.6) is 0 Å². The van der Waals surface area contributed by atoms with Gasteiger partial charge in [0.2, 0.25) is 11.8 Å². The average molecular weight is 541 g/mol. The second-order valence-electron chi connectivity index (χ2n) is 9.57. The lowest BCUT2D eigenvalue weighted by molar-refractivity contribution is -0.144. The van der Waals surface area contributed by atoms with Gasteiger partial charge in [-0.1, -0.05) is 39.5 Å². The molecule has 0 aliphatic heterocycles. The van der Waals surface area contributed by atoms with Gasteiger partial charge in [-0.15, -0.1) is 0 Å². The maximum Gasteiger partial charge on any atom is 0.305 e. The molecule has 0 aromatic heterocycles. The zero-order valence-electron chi connectivity index (χ0n) is 24.2. The highest BCUT2D eigenvalue weighted by Crippen LogP contribution is 2.04. The van der Waals surface area contributed by atoms with E-state index >= 15 is 0 Å².